The summed E-state index contributed by atoms with van der Waals surface area (Å²) in [5.41, 5.74) is 0.828. The van der Waals surface area contributed by atoms with Crippen LogP contribution in [0.3, 0.4) is 0 Å². The Morgan fingerprint density at radius 3 is 2.48 bits per heavy atom. The number of halogens is 1. The van der Waals surface area contributed by atoms with Crippen molar-refractivity contribution in [2.75, 3.05) is 0 Å². The van der Waals surface area contributed by atoms with Crippen molar-refractivity contribution in [3.05, 3.63) is 70.3 Å². The molecular weight excluding hydrogens is 336 g/mol. The normalized spacial score (nSPS) is 10.5. The second-order valence-electron chi connectivity index (χ2n) is 4.27. The van der Waals surface area contributed by atoms with Crippen molar-refractivity contribution in [2.45, 2.75) is 0 Å². The van der Waals surface area contributed by atoms with Gasteiger partial charge in [-0.25, -0.2) is 0 Å². The lowest BCUT2D eigenvalue weighted by Gasteiger charge is -2.01. The van der Waals surface area contributed by atoms with Crippen molar-refractivity contribution in [1.82, 2.24) is 5.27 Å². The SMILES string of the molecule is O=C(c1ccccc1Br)c1c([O-])on[n+]1-c1ccccc1. The van der Waals surface area contributed by atoms with Crippen LogP contribution in [0.4, 0.5) is 0 Å². The average molecular weight is 345 g/mol. The highest BCUT2D eigenvalue weighted by atomic mass is 79.9. The van der Waals surface area contributed by atoms with Gasteiger partial charge in [0, 0.05) is 22.2 Å². The fourth-order valence-corrected chi connectivity index (χ4v) is 2.42. The molecule has 6 heteroatoms. The van der Waals surface area contributed by atoms with Gasteiger partial charge >= 0.3 is 5.69 Å². The minimum atomic E-state index is -0.764. The molecule has 104 valence electrons. The highest BCUT2D eigenvalue weighted by Gasteiger charge is 2.29. The van der Waals surface area contributed by atoms with E-state index in [1.54, 1.807) is 48.5 Å². The second kappa shape index (κ2) is 5.49. The van der Waals surface area contributed by atoms with E-state index in [1.807, 2.05) is 6.07 Å². The molecule has 0 saturated carbocycles. The summed E-state index contributed by atoms with van der Waals surface area (Å²) in [6, 6.07) is 15.8. The first kappa shape index (κ1) is 13.5. The Morgan fingerprint density at radius 2 is 1.76 bits per heavy atom. The summed E-state index contributed by atoms with van der Waals surface area (Å²) in [5.74, 6) is -1.21. The van der Waals surface area contributed by atoms with E-state index in [1.165, 1.54) is 4.68 Å². The lowest BCUT2D eigenvalue weighted by Crippen LogP contribution is -2.39. The fraction of sp³-hybridized carbons (Fsp3) is 0. The number of hydrogen-bond acceptors (Lipinski definition) is 4. The summed E-state index contributed by atoms with van der Waals surface area (Å²) < 4.78 is 6.47. The highest BCUT2D eigenvalue weighted by molar-refractivity contribution is 9.10. The Hall–Kier alpha value is -2.47. The maximum Gasteiger partial charge on any atom is 0.311 e. The number of aromatic nitrogens is 2. The second-order valence-corrected chi connectivity index (χ2v) is 5.12. The van der Waals surface area contributed by atoms with Gasteiger partial charge < -0.3 is 9.63 Å². The molecule has 2 aromatic carbocycles. The molecule has 1 heterocycles. The van der Waals surface area contributed by atoms with Crippen LogP contribution in [0.5, 0.6) is 5.95 Å². The molecule has 3 aromatic rings. The highest BCUT2D eigenvalue weighted by Crippen LogP contribution is 2.21. The summed E-state index contributed by atoms with van der Waals surface area (Å²) in [5, 5.41) is 15.5. The first-order chi connectivity index (χ1) is 10.2. The molecule has 0 aliphatic heterocycles. The van der Waals surface area contributed by atoms with E-state index in [4.69, 9.17) is 0 Å². The van der Waals surface area contributed by atoms with Crippen molar-refractivity contribution < 1.29 is 19.1 Å². The summed E-state index contributed by atoms with van der Waals surface area (Å²) in [6.07, 6.45) is 0. The number of rotatable bonds is 3. The van der Waals surface area contributed by atoms with Crippen molar-refractivity contribution in [3.8, 4) is 11.6 Å². The Bertz CT molecular complexity index is 800. The van der Waals surface area contributed by atoms with Crippen LogP contribution < -0.4 is 9.79 Å². The molecule has 0 atom stereocenters. The van der Waals surface area contributed by atoms with E-state index in [9.17, 15) is 9.90 Å². The van der Waals surface area contributed by atoms with Crippen LogP contribution in [0.15, 0.2) is 63.6 Å². The molecule has 0 aliphatic rings. The van der Waals surface area contributed by atoms with E-state index in [2.05, 4.69) is 25.7 Å². The number of benzene rings is 2. The maximum absolute atomic E-state index is 12.6. The standard InChI is InChI=1S/C15H9BrN2O3/c16-12-9-5-4-8-11(12)14(19)13-15(20)21-17-18(13)10-6-2-1-3-7-10/h1-9H. The van der Waals surface area contributed by atoms with Crippen LogP contribution in [0, 0.1) is 0 Å². The number of ketones is 1. The minimum absolute atomic E-state index is 0.131. The molecule has 0 unspecified atom stereocenters. The molecule has 0 radical (unpaired) electrons. The quantitative estimate of drug-likeness (QED) is 0.538. The monoisotopic (exact) mass is 344 g/mol. The average Bonchev–Trinajstić information content (AvgIpc) is 2.90. The molecule has 0 saturated heterocycles. The zero-order chi connectivity index (χ0) is 14.8. The molecule has 0 amide bonds. The summed E-state index contributed by atoms with van der Waals surface area (Å²) in [7, 11) is 0. The van der Waals surface area contributed by atoms with E-state index in [0.29, 0.717) is 15.7 Å². The Balaban J connectivity index is 2.14. The van der Waals surface area contributed by atoms with Crippen LogP contribution in [0.1, 0.15) is 16.1 Å². The van der Waals surface area contributed by atoms with Gasteiger partial charge in [0.2, 0.25) is 5.69 Å². The number of hydrogen-bond donors (Lipinski definition) is 0. The lowest BCUT2D eigenvalue weighted by atomic mass is 10.1. The smallest absolute Gasteiger partial charge is 0.311 e. The third-order valence-corrected chi connectivity index (χ3v) is 3.64. The third-order valence-electron chi connectivity index (χ3n) is 2.94. The van der Waals surface area contributed by atoms with Crippen LogP contribution in [-0.4, -0.2) is 11.1 Å². The molecule has 0 fully saturated rings. The largest absolute Gasteiger partial charge is 0.539 e. The summed E-state index contributed by atoms with van der Waals surface area (Å²) in [6.45, 7) is 0. The molecule has 5 nitrogen and oxygen atoms in total. The molecule has 0 spiro atoms. The molecule has 0 aliphatic carbocycles. The zero-order valence-electron chi connectivity index (χ0n) is 10.7. The number of carbonyl (C=O) groups is 1. The van der Waals surface area contributed by atoms with Gasteiger partial charge in [-0.15, -0.1) is 0 Å². The molecule has 0 N–H and O–H groups in total. The summed E-state index contributed by atoms with van der Waals surface area (Å²) >= 11 is 3.30. The Morgan fingerprint density at radius 1 is 1.10 bits per heavy atom. The van der Waals surface area contributed by atoms with Crippen molar-refractivity contribution in [1.29, 1.82) is 0 Å². The molecule has 1 aromatic heterocycles. The van der Waals surface area contributed by atoms with Crippen LogP contribution in [-0.2, 0) is 0 Å². The van der Waals surface area contributed by atoms with Crippen LogP contribution in [0.2, 0.25) is 0 Å². The van der Waals surface area contributed by atoms with Crippen molar-refractivity contribution >= 4 is 21.7 Å². The fourth-order valence-electron chi connectivity index (χ4n) is 1.96. The van der Waals surface area contributed by atoms with Gasteiger partial charge in [-0.1, -0.05) is 46.3 Å². The minimum Gasteiger partial charge on any atom is -0.539 e. The van der Waals surface area contributed by atoms with Gasteiger partial charge in [0.1, 0.15) is 0 Å². The summed E-state index contributed by atoms with van der Waals surface area (Å²) in [4.78, 5) is 12.6. The van der Waals surface area contributed by atoms with Gasteiger partial charge in [0.15, 0.2) is 5.95 Å². The zero-order valence-corrected chi connectivity index (χ0v) is 12.3. The Kier molecular flexibility index (Phi) is 3.53. The first-order valence-electron chi connectivity index (χ1n) is 6.12. The molecule has 21 heavy (non-hydrogen) atoms. The predicted molar refractivity (Wildman–Crippen MR) is 75.1 cm³/mol. The van der Waals surface area contributed by atoms with Gasteiger partial charge in [0.25, 0.3) is 5.78 Å². The van der Waals surface area contributed by atoms with Crippen LogP contribution in [0.25, 0.3) is 5.69 Å². The number of nitrogens with zero attached hydrogens (tertiary/aromatic N) is 2. The first-order valence-corrected chi connectivity index (χ1v) is 6.91. The van der Waals surface area contributed by atoms with E-state index in [-0.39, 0.29) is 5.69 Å². The molecule has 0 bridgehead atoms. The van der Waals surface area contributed by atoms with E-state index in [0.717, 1.165) is 0 Å². The lowest BCUT2D eigenvalue weighted by molar-refractivity contribution is -0.672. The van der Waals surface area contributed by atoms with Gasteiger partial charge in [-0.05, 0) is 16.8 Å². The van der Waals surface area contributed by atoms with E-state index >= 15 is 0 Å². The molecular formula is C15H9BrN2O3. The topological polar surface area (TPSA) is 70.0 Å². The third kappa shape index (κ3) is 2.45. The predicted octanol–water partition coefficient (Wildman–Crippen LogP) is 2.02. The number of carbonyl (C=O) groups excluding carboxylic acids is 1. The maximum atomic E-state index is 12.6. The van der Waals surface area contributed by atoms with Crippen molar-refractivity contribution in [2.24, 2.45) is 0 Å². The van der Waals surface area contributed by atoms with Gasteiger partial charge in [-0.2, -0.15) is 0 Å². The number of para-hydroxylation sites is 1. The van der Waals surface area contributed by atoms with E-state index < -0.39 is 11.7 Å². The molecule has 3 rings (SSSR count). The van der Waals surface area contributed by atoms with Crippen molar-refractivity contribution in [3.63, 3.8) is 0 Å². The van der Waals surface area contributed by atoms with Gasteiger partial charge in [0.05, 0.1) is 5.27 Å². The Labute approximate surface area is 128 Å². The van der Waals surface area contributed by atoms with Crippen LogP contribution >= 0.6 is 15.9 Å². The van der Waals surface area contributed by atoms with Gasteiger partial charge in [-0.3, -0.25) is 4.79 Å².